The second kappa shape index (κ2) is 3.79. The van der Waals surface area contributed by atoms with Gasteiger partial charge in [-0.3, -0.25) is 9.69 Å². The molecule has 0 aliphatic carbocycles. The molecule has 0 aromatic carbocycles. The number of nitrogens with zero attached hydrogens (tertiary/aromatic N) is 1. The fourth-order valence-electron chi connectivity index (χ4n) is 1.26. The van der Waals surface area contributed by atoms with Crippen molar-refractivity contribution in [1.82, 2.24) is 4.90 Å². The average molecular weight is 211 g/mol. The molecule has 4 nitrogen and oxygen atoms in total. The summed E-state index contributed by atoms with van der Waals surface area (Å²) in [6.45, 7) is 1.02. The molecule has 0 unspecified atom stereocenters. The van der Waals surface area contributed by atoms with Crippen LogP contribution in [0.5, 0.6) is 0 Å². The lowest BCUT2D eigenvalue weighted by molar-refractivity contribution is 0.0947. The minimum Gasteiger partial charge on any atom is -0.448 e. The van der Waals surface area contributed by atoms with Crippen LogP contribution in [0.25, 0.3) is 0 Å². The van der Waals surface area contributed by atoms with Gasteiger partial charge in [0, 0.05) is 0 Å². The fraction of sp³-hybridized carbons (Fsp3) is 0.333. The van der Waals surface area contributed by atoms with Crippen molar-refractivity contribution >= 4 is 23.2 Å². The predicted molar refractivity (Wildman–Crippen MR) is 51.6 cm³/mol. The molecule has 0 atom stereocenters. The molecule has 0 spiro atoms. The van der Waals surface area contributed by atoms with Crippen molar-refractivity contribution in [2.45, 2.75) is 0 Å². The third kappa shape index (κ3) is 1.77. The smallest absolute Gasteiger partial charge is 0.410 e. The van der Waals surface area contributed by atoms with Crippen LogP contribution in [0.1, 0.15) is 9.67 Å². The number of carbonyl (C=O) groups excluding carboxylic acids is 2. The number of hydrogen-bond acceptors (Lipinski definition) is 4. The summed E-state index contributed by atoms with van der Waals surface area (Å²) in [4.78, 5) is 24.7. The Morgan fingerprint density at radius 3 is 3.07 bits per heavy atom. The van der Waals surface area contributed by atoms with Gasteiger partial charge >= 0.3 is 6.09 Å². The van der Waals surface area contributed by atoms with E-state index in [1.165, 1.54) is 16.2 Å². The van der Waals surface area contributed by atoms with Crippen LogP contribution in [0.15, 0.2) is 17.5 Å². The zero-order chi connectivity index (χ0) is 9.97. The van der Waals surface area contributed by atoms with Crippen molar-refractivity contribution in [3.8, 4) is 0 Å². The average Bonchev–Trinajstić information content (AvgIpc) is 2.77. The fourth-order valence-corrected chi connectivity index (χ4v) is 1.91. The summed E-state index contributed by atoms with van der Waals surface area (Å²) in [5.74, 6) is -0.0288. The molecule has 1 fully saturated rings. The van der Waals surface area contributed by atoms with Gasteiger partial charge in [0.25, 0.3) is 0 Å². The molecule has 1 saturated heterocycles. The van der Waals surface area contributed by atoms with Gasteiger partial charge in [0.2, 0.25) is 0 Å². The molecule has 0 radical (unpaired) electrons. The normalized spacial score (nSPS) is 15.7. The SMILES string of the molecule is O=C(CN1CCOC1=O)c1cccs1. The molecule has 74 valence electrons. The number of carbonyl (C=O) groups is 2. The summed E-state index contributed by atoms with van der Waals surface area (Å²) in [7, 11) is 0. The summed E-state index contributed by atoms with van der Waals surface area (Å²) in [5, 5.41) is 1.84. The van der Waals surface area contributed by atoms with Gasteiger partial charge in [-0.1, -0.05) is 6.07 Å². The standard InChI is InChI=1S/C9H9NO3S/c11-7(8-2-1-5-14-8)6-10-3-4-13-9(10)12/h1-2,5H,3-4,6H2. The second-order valence-corrected chi connectivity index (χ2v) is 3.88. The van der Waals surface area contributed by atoms with E-state index in [0.29, 0.717) is 18.0 Å². The van der Waals surface area contributed by atoms with Crippen LogP contribution in [0.3, 0.4) is 0 Å². The molecule has 0 N–H and O–H groups in total. The van der Waals surface area contributed by atoms with Crippen molar-refractivity contribution < 1.29 is 14.3 Å². The number of ketones is 1. The monoisotopic (exact) mass is 211 g/mol. The summed E-state index contributed by atoms with van der Waals surface area (Å²) in [5.41, 5.74) is 0. The minimum absolute atomic E-state index is 0.0288. The topological polar surface area (TPSA) is 46.6 Å². The molecule has 0 bridgehead atoms. The summed E-state index contributed by atoms with van der Waals surface area (Å²) in [6, 6.07) is 3.58. The van der Waals surface area contributed by atoms with E-state index < -0.39 is 6.09 Å². The van der Waals surface area contributed by atoms with E-state index in [4.69, 9.17) is 4.74 Å². The van der Waals surface area contributed by atoms with Crippen molar-refractivity contribution in [3.63, 3.8) is 0 Å². The molecule has 1 aliphatic rings. The molecule has 1 aromatic heterocycles. The molecular formula is C9H9NO3S. The van der Waals surface area contributed by atoms with Gasteiger partial charge in [0.15, 0.2) is 5.78 Å². The van der Waals surface area contributed by atoms with Gasteiger partial charge in [0.05, 0.1) is 18.0 Å². The number of ether oxygens (including phenoxy) is 1. The Bertz CT molecular complexity index is 347. The van der Waals surface area contributed by atoms with E-state index in [9.17, 15) is 9.59 Å². The molecule has 2 heterocycles. The van der Waals surface area contributed by atoms with E-state index in [0.717, 1.165) is 0 Å². The number of rotatable bonds is 3. The van der Waals surface area contributed by atoms with E-state index in [1.54, 1.807) is 6.07 Å². The second-order valence-electron chi connectivity index (χ2n) is 2.94. The first-order valence-corrected chi connectivity index (χ1v) is 5.14. The zero-order valence-corrected chi connectivity index (χ0v) is 8.25. The van der Waals surface area contributed by atoms with E-state index in [1.807, 2.05) is 11.4 Å². The molecule has 0 saturated carbocycles. The zero-order valence-electron chi connectivity index (χ0n) is 7.43. The Labute approximate surface area is 85.1 Å². The third-order valence-electron chi connectivity index (χ3n) is 1.98. The Morgan fingerprint density at radius 1 is 1.64 bits per heavy atom. The number of cyclic esters (lactones) is 1. The van der Waals surface area contributed by atoms with Crippen molar-refractivity contribution in [1.29, 1.82) is 0 Å². The highest BCUT2D eigenvalue weighted by molar-refractivity contribution is 7.12. The van der Waals surface area contributed by atoms with Gasteiger partial charge in [0.1, 0.15) is 6.61 Å². The highest BCUT2D eigenvalue weighted by Crippen LogP contribution is 2.11. The number of amides is 1. The maximum absolute atomic E-state index is 11.6. The highest BCUT2D eigenvalue weighted by atomic mass is 32.1. The van der Waals surface area contributed by atoms with Crippen LogP contribution >= 0.6 is 11.3 Å². The maximum atomic E-state index is 11.6. The summed E-state index contributed by atoms with van der Waals surface area (Å²) >= 11 is 1.39. The van der Waals surface area contributed by atoms with Gasteiger partial charge in [-0.05, 0) is 11.4 Å². The minimum atomic E-state index is -0.394. The number of hydrogen-bond donors (Lipinski definition) is 0. The maximum Gasteiger partial charge on any atom is 0.410 e. The largest absolute Gasteiger partial charge is 0.448 e. The lowest BCUT2D eigenvalue weighted by Gasteiger charge is -2.09. The molecular weight excluding hydrogens is 202 g/mol. The van der Waals surface area contributed by atoms with Gasteiger partial charge in [-0.15, -0.1) is 11.3 Å². The lowest BCUT2D eigenvalue weighted by Crippen LogP contribution is -2.30. The van der Waals surface area contributed by atoms with Crippen LogP contribution in [-0.2, 0) is 4.74 Å². The van der Waals surface area contributed by atoms with Crippen LogP contribution < -0.4 is 0 Å². The first kappa shape index (κ1) is 9.21. The Morgan fingerprint density at radius 2 is 2.50 bits per heavy atom. The first-order valence-electron chi connectivity index (χ1n) is 4.26. The van der Waals surface area contributed by atoms with E-state index in [-0.39, 0.29) is 12.3 Å². The van der Waals surface area contributed by atoms with Gasteiger partial charge < -0.3 is 4.74 Å². The van der Waals surface area contributed by atoms with Gasteiger partial charge in [-0.25, -0.2) is 4.79 Å². The molecule has 1 aliphatic heterocycles. The van der Waals surface area contributed by atoms with Crippen LogP contribution in [0.4, 0.5) is 4.79 Å². The molecule has 2 rings (SSSR count). The quantitative estimate of drug-likeness (QED) is 0.710. The molecule has 14 heavy (non-hydrogen) atoms. The highest BCUT2D eigenvalue weighted by Gasteiger charge is 2.24. The first-order chi connectivity index (χ1) is 6.77. The summed E-state index contributed by atoms with van der Waals surface area (Å²) < 4.78 is 4.72. The van der Waals surface area contributed by atoms with Crippen molar-refractivity contribution in [3.05, 3.63) is 22.4 Å². The Hall–Kier alpha value is -1.36. The van der Waals surface area contributed by atoms with Gasteiger partial charge in [-0.2, -0.15) is 0 Å². The third-order valence-corrected chi connectivity index (χ3v) is 2.89. The summed E-state index contributed by atoms with van der Waals surface area (Å²) in [6.07, 6.45) is -0.394. The molecule has 5 heteroatoms. The van der Waals surface area contributed by atoms with Crippen molar-refractivity contribution in [2.75, 3.05) is 19.7 Å². The Balaban J connectivity index is 1.98. The van der Waals surface area contributed by atoms with E-state index >= 15 is 0 Å². The van der Waals surface area contributed by atoms with Crippen molar-refractivity contribution in [2.24, 2.45) is 0 Å². The van der Waals surface area contributed by atoms with Crippen LogP contribution in [0, 0.1) is 0 Å². The predicted octanol–water partition coefficient (Wildman–Crippen LogP) is 1.38. The van der Waals surface area contributed by atoms with E-state index in [2.05, 4.69) is 0 Å². The van der Waals surface area contributed by atoms with Crippen LogP contribution in [0.2, 0.25) is 0 Å². The Kier molecular flexibility index (Phi) is 2.49. The molecule has 1 aromatic rings. The number of Topliss-reactive ketones (excluding diaryl/α,β-unsaturated/α-hetero) is 1. The lowest BCUT2D eigenvalue weighted by atomic mass is 10.3. The number of thiophene rings is 1. The molecule has 1 amide bonds. The van der Waals surface area contributed by atoms with Crippen LogP contribution in [-0.4, -0.2) is 36.5 Å².